The van der Waals surface area contributed by atoms with E-state index in [0.29, 0.717) is 0 Å². The first-order valence-corrected chi connectivity index (χ1v) is 7.61. The predicted octanol–water partition coefficient (Wildman–Crippen LogP) is 4.10. The lowest BCUT2D eigenvalue weighted by molar-refractivity contribution is -0.119. The van der Waals surface area contributed by atoms with E-state index in [1.165, 1.54) is 32.3 Å². The fourth-order valence-corrected chi connectivity index (χ4v) is 2.44. The molecule has 1 aliphatic rings. The molecule has 2 heteroatoms. The Morgan fingerprint density at radius 3 is 2.41 bits per heavy atom. The number of carbonyl (C=O) groups excluding carboxylic acids is 2. The lowest BCUT2D eigenvalue weighted by Gasteiger charge is -2.06. The smallest absolute Gasteiger partial charge is 0.163 e. The Bertz CT molecular complexity index is 693. The highest BCUT2D eigenvalue weighted by Gasteiger charge is 2.10. The van der Waals surface area contributed by atoms with Crippen molar-refractivity contribution in [1.29, 1.82) is 0 Å². The molecule has 2 rings (SSSR count). The third kappa shape index (κ3) is 4.30. The third-order valence-electron chi connectivity index (χ3n) is 3.67. The van der Waals surface area contributed by atoms with Gasteiger partial charge in [-0.2, -0.15) is 0 Å². The van der Waals surface area contributed by atoms with Gasteiger partial charge < -0.3 is 0 Å². The Hall–Kier alpha value is -2.40. The van der Waals surface area contributed by atoms with Crippen molar-refractivity contribution in [1.82, 2.24) is 0 Å². The van der Waals surface area contributed by atoms with Gasteiger partial charge in [0.1, 0.15) is 0 Å². The van der Waals surface area contributed by atoms with Crippen molar-refractivity contribution in [3.63, 3.8) is 0 Å². The van der Waals surface area contributed by atoms with Gasteiger partial charge in [0.25, 0.3) is 0 Å². The maximum Gasteiger partial charge on any atom is 0.163 e. The lowest BCUT2D eigenvalue weighted by atomic mass is 9.98. The van der Waals surface area contributed by atoms with Crippen LogP contribution in [-0.2, 0) is 9.59 Å². The van der Waals surface area contributed by atoms with Crippen molar-refractivity contribution < 1.29 is 9.59 Å². The van der Waals surface area contributed by atoms with Gasteiger partial charge in [-0.15, -0.1) is 0 Å². The lowest BCUT2D eigenvalue weighted by Crippen LogP contribution is -2.05. The number of hydrogen-bond acceptors (Lipinski definition) is 2. The molecule has 1 aromatic carbocycles. The average molecular weight is 292 g/mol. The fourth-order valence-electron chi connectivity index (χ4n) is 2.44. The molecule has 0 saturated carbocycles. The normalized spacial score (nSPS) is 13.5. The van der Waals surface area contributed by atoms with Crippen LogP contribution in [-0.4, -0.2) is 11.6 Å². The molecule has 0 unspecified atom stereocenters. The highest BCUT2D eigenvalue weighted by atomic mass is 16.1. The van der Waals surface area contributed by atoms with Crippen LogP contribution in [0.2, 0.25) is 0 Å². The van der Waals surface area contributed by atoms with Gasteiger partial charge >= 0.3 is 0 Å². The largest absolute Gasteiger partial charge is 0.294 e. The SMILES string of the molecule is CC(=O)C(=Cc1ccccc1C#CC1=CCCCC1)C(C)=O. The molecule has 0 saturated heterocycles. The second-order valence-corrected chi connectivity index (χ2v) is 5.48. The number of ketones is 2. The monoisotopic (exact) mass is 292 g/mol. The summed E-state index contributed by atoms with van der Waals surface area (Å²) in [4.78, 5) is 23.1. The van der Waals surface area contributed by atoms with Crippen molar-refractivity contribution in [2.75, 3.05) is 0 Å². The van der Waals surface area contributed by atoms with Gasteiger partial charge in [0.15, 0.2) is 11.6 Å². The first-order chi connectivity index (χ1) is 10.6. The van der Waals surface area contributed by atoms with E-state index in [9.17, 15) is 9.59 Å². The number of Topliss-reactive ketones (excluding diaryl/α,β-unsaturated/α-hetero) is 2. The predicted molar refractivity (Wildman–Crippen MR) is 89.2 cm³/mol. The topological polar surface area (TPSA) is 34.1 Å². The maximum absolute atomic E-state index is 11.6. The number of rotatable bonds is 3. The standard InChI is InChI=1S/C20H20O2/c1-15(21)20(16(2)22)14-19-11-7-6-10-18(19)13-12-17-8-4-3-5-9-17/h6-8,10-11,14H,3-5,9H2,1-2H3. The Balaban J connectivity index is 2.37. The highest BCUT2D eigenvalue weighted by Crippen LogP contribution is 2.17. The summed E-state index contributed by atoms with van der Waals surface area (Å²) in [7, 11) is 0. The van der Waals surface area contributed by atoms with Crippen LogP contribution in [0.5, 0.6) is 0 Å². The van der Waals surface area contributed by atoms with E-state index >= 15 is 0 Å². The molecule has 0 N–H and O–H groups in total. The zero-order chi connectivity index (χ0) is 15.9. The number of carbonyl (C=O) groups is 2. The van der Waals surface area contributed by atoms with E-state index in [0.717, 1.165) is 24.0 Å². The van der Waals surface area contributed by atoms with Crippen molar-refractivity contribution in [3.8, 4) is 11.8 Å². The molecule has 112 valence electrons. The molecule has 0 atom stereocenters. The van der Waals surface area contributed by atoms with Gasteiger partial charge in [-0.25, -0.2) is 0 Å². The molecule has 1 aromatic rings. The molecule has 0 aromatic heterocycles. The van der Waals surface area contributed by atoms with Gasteiger partial charge in [0.2, 0.25) is 0 Å². The van der Waals surface area contributed by atoms with Crippen molar-refractivity contribution >= 4 is 17.6 Å². The minimum Gasteiger partial charge on any atom is -0.294 e. The molecule has 1 aliphatic carbocycles. The molecule has 0 fully saturated rings. The van der Waals surface area contributed by atoms with E-state index in [-0.39, 0.29) is 17.1 Å². The van der Waals surface area contributed by atoms with Gasteiger partial charge in [-0.1, -0.05) is 36.1 Å². The summed E-state index contributed by atoms with van der Waals surface area (Å²) in [5, 5.41) is 0. The van der Waals surface area contributed by atoms with Crippen LogP contribution < -0.4 is 0 Å². The summed E-state index contributed by atoms with van der Waals surface area (Å²) in [5.41, 5.74) is 3.05. The Morgan fingerprint density at radius 1 is 1.05 bits per heavy atom. The first-order valence-electron chi connectivity index (χ1n) is 7.61. The van der Waals surface area contributed by atoms with Crippen LogP contribution in [0.25, 0.3) is 6.08 Å². The number of allylic oxidation sites excluding steroid dienone is 3. The minimum atomic E-state index is -0.217. The van der Waals surface area contributed by atoms with Gasteiger partial charge in [-0.05, 0) is 62.8 Å². The summed E-state index contributed by atoms with van der Waals surface area (Å²) in [6.07, 6.45) is 8.42. The Labute approximate surface area is 131 Å². The van der Waals surface area contributed by atoms with E-state index in [1.807, 2.05) is 24.3 Å². The minimum absolute atomic E-state index is 0.214. The summed E-state index contributed by atoms with van der Waals surface area (Å²) in [6, 6.07) is 7.60. The van der Waals surface area contributed by atoms with Gasteiger partial charge in [0.05, 0.1) is 5.57 Å². The third-order valence-corrected chi connectivity index (χ3v) is 3.67. The van der Waals surface area contributed by atoms with Crippen LogP contribution >= 0.6 is 0 Å². The molecule has 22 heavy (non-hydrogen) atoms. The number of hydrogen-bond donors (Lipinski definition) is 0. The summed E-state index contributed by atoms with van der Waals surface area (Å²) < 4.78 is 0. The molecular weight excluding hydrogens is 272 g/mol. The molecule has 0 aliphatic heterocycles. The zero-order valence-corrected chi connectivity index (χ0v) is 13.1. The molecule has 0 spiro atoms. The molecular formula is C20H20O2. The number of benzene rings is 1. The van der Waals surface area contributed by atoms with E-state index in [2.05, 4.69) is 17.9 Å². The van der Waals surface area contributed by atoms with Crippen LogP contribution in [0.1, 0.15) is 50.7 Å². The second kappa shape index (κ2) is 7.56. The molecule has 0 heterocycles. The summed E-state index contributed by atoms with van der Waals surface area (Å²) in [5.74, 6) is 5.97. The van der Waals surface area contributed by atoms with Crippen LogP contribution in [0, 0.1) is 11.8 Å². The second-order valence-electron chi connectivity index (χ2n) is 5.48. The van der Waals surface area contributed by atoms with Crippen molar-refractivity contribution in [3.05, 3.63) is 52.6 Å². The van der Waals surface area contributed by atoms with E-state index < -0.39 is 0 Å². The van der Waals surface area contributed by atoms with E-state index in [4.69, 9.17) is 0 Å². The zero-order valence-electron chi connectivity index (χ0n) is 13.1. The Morgan fingerprint density at radius 2 is 1.77 bits per heavy atom. The van der Waals surface area contributed by atoms with E-state index in [1.54, 1.807) is 6.08 Å². The van der Waals surface area contributed by atoms with Crippen molar-refractivity contribution in [2.45, 2.75) is 39.5 Å². The molecule has 2 nitrogen and oxygen atoms in total. The van der Waals surface area contributed by atoms with Crippen LogP contribution in [0.4, 0.5) is 0 Å². The quantitative estimate of drug-likeness (QED) is 0.364. The van der Waals surface area contributed by atoms with Crippen molar-refractivity contribution in [2.24, 2.45) is 0 Å². The van der Waals surface area contributed by atoms with Crippen LogP contribution in [0.3, 0.4) is 0 Å². The summed E-state index contributed by atoms with van der Waals surface area (Å²) >= 11 is 0. The highest BCUT2D eigenvalue weighted by molar-refractivity contribution is 6.21. The molecule has 0 amide bonds. The molecule has 0 bridgehead atoms. The fraction of sp³-hybridized carbons (Fsp3) is 0.300. The molecule has 0 radical (unpaired) electrons. The first kappa shape index (κ1) is 16.0. The van der Waals surface area contributed by atoms with Crippen LogP contribution in [0.15, 0.2) is 41.5 Å². The van der Waals surface area contributed by atoms with Gasteiger partial charge in [-0.3, -0.25) is 9.59 Å². The Kier molecular flexibility index (Phi) is 5.49. The van der Waals surface area contributed by atoms with Gasteiger partial charge in [0, 0.05) is 5.56 Å². The summed E-state index contributed by atoms with van der Waals surface area (Å²) in [6.45, 7) is 2.82. The average Bonchev–Trinajstić information content (AvgIpc) is 2.52. The maximum atomic E-state index is 11.6.